The Balaban J connectivity index is 1.49. The molecule has 2 saturated heterocycles. The number of amides is 2. The number of rotatable bonds is 3. The quantitative estimate of drug-likeness (QED) is 0.845. The lowest BCUT2D eigenvalue weighted by Gasteiger charge is -2.36. The third-order valence-electron chi connectivity index (χ3n) is 5.18. The summed E-state index contributed by atoms with van der Waals surface area (Å²) in [5, 5.41) is 3.20. The molecule has 2 aliphatic rings. The van der Waals surface area contributed by atoms with Crippen LogP contribution in [0.5, 0.6) is 0 Å². The summed E-state index contributed by atoms with van der Waals surface area (Å²) in [5.74, 6) is 0.545. The number of carbonyl (C=O) groups is 1. The minimum atomic E-state index is 0.162. The summed E-state index contributed by atoms with van der Waals surface area (Å²) in [7, 11) is 1.88. The first-order valence-corrected chi connectivity index (χ1v) is 9.73. The standard InChI is InChI=1S/C19H24N4OS/c1-13(2)14-4-6-15(7-5-14)17-12-25-18(20-17)22-8-9-23-16(11-22)10-21(3)19(23)24/h4-7,12-13,16H,8-11H2,1-3H3. The summed E-state index contributed by atoms with van der Waals surface area (Å²) >= 11 is 1.69. The molecule has 2 aromatic rings. The zero-order valence-electron chi connectivity index (χ0n) is 15.0. The molecule has 3 heterocycles. The van der Waals surface area contributed by atoms with Crippen molar-refractivity contribution >= 4 is 22.5 Å². The summed E-state index contributed by atoms with van der Waals surface area (Å²) < 4.78 is 0. The minimum Gasteiger partial charge on any atom is -0.344 e. The van der Waals surface area contributed by atoms with Gasteiger partial charge in [-0.1, -0.05) is 38.1 Å². The van der Waals surface area contributed by atoms with E-state index in [-0.39, 0.29) is 12.1 Å². The number of nitrogens with zero attached hydrogens (tertiary/aromatic N) is 4. The molecule has 0 saturated carbocycles. The first-order chi connectivity index (χ1) is 12.0. The van der Waals surface area contributed by atoms with E-state index in [2.05, 4.69) is 48.4 Å². The van der Waals surface area contributed by atoms with Crippen molar-refractivity contribution in [3.05, 3.63) is 35.2 Å². The van der Waals surface area contributed by atoms with Crippen LogP contribution in [0.4, 0.5) is 9.93 Å². The second-order valence-electron chi connectivity index (χ2n) is 7.25. The zero-order valence-corrected chi connectivity index (χ0v) is 15.8. The van der Waals surface area contributed by atoms with Crippen LogP contribution in [0.25, 0.3) is 11.3 Å². The molecule has 6 heteroatoms. The van der Waals surface area contributed by atoms with Crippen LogP contribution in [0.3, 0.4) is 0 Å². The summed E-state index contributed by atoms with van der Waals surface area (Å²) in [5.41, 5.74) is 3.56. The van der Waals surface area contributed by atoms with Crippen LogP contribution in [-0.2, 0) is 0 Å². The van der Waals surface area contributed by atoms with E-state index in [1.54, 1.807) is 11.3 Å². The molecule has 0 bridgehead atoms. The molecule has 1 aromatic carbocycles. The van der Waals surface area contributed by atoms with Gasteiger partial charge in [0.2, 0.25) is 0 Å². The maximum Gasteiger partial charge on any atom is 0.320 e. The molecule has 25 heavy (non-hydrogen) atoms. The van der Waals surface area contributed by atoms with E-state index in [0.717, 1.165) is 37.0 Å². The molecule has 1 atom stereocenters. The highest BCUT2D eigenvalue weighted by Crippen LogP contribution is 2.30. The molecular formula is C19H24N4OS. The fraction of sp³-hybridized carbons (Fsp3) is 0.474. The van der Waals surface area contributed by atoms with Gasteiger partial charge in [-0.3, -0.25) is 0 Å². The number of urea groups is 1. The van der Waals surface area contributed by atoms with Gasteiger partial charge in [0.1, 0.15) is 0 Å². The van der Waals surface area contributed by atoms with Crippen molar-refractivity contribution in [2.75, 3.05) is 38.1 Å². The average Bonchev–Trinajstić information content (AvgIpc) is 3.20. The lowest BCUT2D eigenvalue weighted by molar-refractivity contribution is 0.187. The van der Waals surface area contributed by atoms with Crippen LogP contribution in [0.2, 0.25) is 0 Å². The van der Waals surface area contributed by atoms with Crippen LogP contribution >= 0.6 is 11.3 Å². The van der Waals surface area contributed by atoms with Crippen molar-refractivity contribution in [3.63, 3.8) is 0 Å². The number of benzene rings is 1. The third-order valence-corrected chi connectivity index (χ3v) is 6.08. The van der Waals surface area contributed by atoms with E-state index in [1.807, 2.05) is 16.8 Å². The van der Waals surface area contributed by atoms with Gasteiger partial charge in [0.15, 0.2) is 5.13 Å². The van der Waals surface area contributed by atoms with Gasteiger partial charge in [0.25, 0.3) is 0 Å². The summed E-state index contributed by atoms with van der Waals surface area (Å²) in [6.45, 7) is 7.74. The van der Waals surface area contributed by atoms with Crippen molar-refractivity contribution in [3.8, 4) is 11.3 Å². The molecule has 0 radical (unpaired) electrons. The Hall–Kier alpha value is -2.08. The zero-order chi connectivity index (χ0) is 17.6. The smallest absolute Gasteiger partial charge is 0.320 e. The molecule has 0 N–H and O–H groups in total. The van der Waals surface area contributed by atoms with Gasteiger partial charge in [-0.25, -0.2) is 9.78 Å². The topological polar surface area (TPSA) is 39.7 Å². The SMILES string of the molecule is CC(C)c1ccc(-c2csc(N3CCN4C(=O)N(C)CC4C3)n2)cc1. The predicted molar refractivity (Wildman–Crippen MR) is 102 cm³/mol. The van der Waals surface area contributed by atoms with Gasteiger partial charge in [-0.15, -0.1) is 11.3 Å². The highest BCUT2D eigenvalue weighted by molar-refractivity contribution is 7.14. The van der Waals surface area contributed by atoms with E-state index < -0.39 is 0 Å². The Morgan fingerprint density at radius 2 is 1.92 bits per heavy atom. The number of aromatic nitrogens is 1. The second-order valence-corrected chi connectivity index (χ2v) is 8.08. The molecule has 2 amide bonds. The number of thiazole rings is 1. The van der Waals surface area contributed by atoms with Gasteiger partial charge in [-0.05, 0) is 11.5 Å². The number of hydrogen-bond acceptors (Lipinski definition) is 4. The molecule has 5 nitrogen and oxygen atoms in total. The van der Waals surface area contributed by atoms with Crippen molar-refractivity contribution in [1.29, 1.82) is 0 Å². The van der Waals surface area contributed by atoms with Gasteiger partial charge >= 0.3 is 6.03 Å². The number of likely N-dealkylation sites (N-methyl/N-ethyl adjacent to an activating group) is 1. The number of hydrogen-bond donors (Lipinski definition) is 0. The number of fused-ring (bicyclic) bond motifs is 1. The van der Waals surface area contributed by atoms with Crippen LogP contribution in [0.15, 0.2) is 29.6 Å². The molecule has 0 spiro atoms. The summed E-state index contributed by atoms with van der Waals surface area (Å²) in [6, 6.07) is 9.15. The van der Waals surface area contributed by atoms with E-state index in [4.69, 9.17) is 4.98 Å². The van der Waals surface area contributed by atoms with E-state index in [0.29, 0.717) is 5.92 Å². The molecular weight excluding hydrogens is 332 g/mol. The fourth-order valence-corrected chi connectivity index (χ4v) is 4.50. The van der Waals surface area contributed by atoms with E-state index >= 15 is 0 Å². The maximum atomic E-state index is 12.1. The molecule has 132 valence electrons. The summed E-state index contributed by atoms with van der Waals surface area (Å²) in [4.78, 5) is 23.1. The maximum absolute atomic E-state index is 12.1. The van der Waals surface area contributed by atoms with Gasteiger partial charge in [-0.2, -0.15) is 0 Å². The van der Waals surface area contributed by atoms with Crippen LogP contribution in [-0.4, -0.2) is 60.1 Å². The average molecular weight is 356 g/mol. The van der Waals surface area contributed by atoms with Crippen molar-refractivity contribution < 1.29 is 4.79 Å². The highest BCUT2D eigenvalue weighted by Gasteiger charge is 2.39. The van der Waals surface area contributed by atoms with Crippen molar-refractivity contribution in [2.45, 2.75) is 25.8 Å². The Bertz CT molecular complexity index is 770. The molecule has 0 aliphatic carbocycles. The largest absolute Gasteiger partial charge is 0.344 e. The van der Waals surface area contributed by atoms with Gasteiger partial charge in [0, 0.05) is 44.2 Å². The lowest BCUT2D eigenvalue weighted by Crippen LogP contribution is -2.52. The minimum absolute atomic E-state index is 0.162. The first kappa shape index (κ1) is 16.4. The van der Waals surface area contributed by atoms with Crippen LogP contribution < -0.4 is 4.90 Å². The normalized spacial score (nSPS) is 20.6. The Morgan fingerprint density at radius 1 is 1.16 bits per heavy atom. The van der Waals surface area contributed by atoms with Crippen molar-refractivity contribution in [2.24, 2.45) is 0 Å². The first-order valence-electron chi connectivity index (χ1n) is 8.85. The van der Waals surface area contributed by atoms with Crippen LogP contribution in [0, 0.1) is 0 Å². The fourth-order valence-electron chi connectivity index (χ4n) is 3.63. The molecule has 1 unspecified atom stereocenters. The molecule has 2 aliphatic heterocycles. The van der Waals surface area contributed by atoms with Gasteiger partial charge in [0.05, 0.1) is 11.7 Å². The second kappa shape index (κ2) is 6.33. The number of piperazine rings is 1. The van der Waals surface area contributed by atoms with Gasteiger partial charge < -0.3 is 14.7 Å². The van der Waals surface area contributed by atoms with Crippen LogP contribution in [0.1, 0.15) is 25.3 Å². The monoisotopic (exact) mass is 356 g/mol. The molecule has 1 aromatic heterocycles. The Labute approximate surface area is 152 Å². The van der Waals surface area contributed by atoms with E-state index in [9.17, 15) is 4.79 Å². The summed E-state index contributed by atoms with van der Waals surface area (Å²) in [6.07, 6.45) is 0. The third kappa shape index (κ3) is 2.99. The Morgan fingerprint density at radius 3 is 2.64 bits per heavy atom. The number of carbonyl (C=O) groups excluding carboxylic acids is 1. The predicted octanol–water partition coefficient (Wildman–Crippen LogP) is 3.49. The lowest BCUT2D eigenvalue weighted by atomic mass is 10.0. The van der Waals surface area contributed by atoms with E-state index in [1.165, 1.54) is 11.1 Å². The molecule has 4 rings (SSSR count). The molecule has 2 fully saturated rings. The highest BCUT2D eigenvalue weighted by atomic mass is 32.1. The Kier molecular flexibility index (Phi) is 4.15. The van der Waals surface area contributed by atoms with Crippen molar-refractivity contribution in [1.82, 2.24) is 14.8 Å². The number of anilines is 1.